The van der Waals surface area contributed by atoms with Crippen molar-refractivity contribution < 1.29 is 104 Å². The van der Waals surface area contributed by atoms with Crippen molar-refractivity contribution in [2.45, 2.75) is 128 Å². The number of esters is 2. The molecular weight excluding hydrogens is 1180 g/mol. The fourth-order valence-electron chi connectivity index (χ4n) is 9.05. The fourth-order valence-corrected chi connectivity index (χ4v) is 9.89. The number of allylic oxidation sites excluding steroid dienone is 3. The molecule has 19 nitrogen and oxygen atoms in total. The second-order valence-electron chi connectivity index (χ2n) is 18.4. The molecule has 26 heteroatoms. The number of hydrogen-bond acceptors (Lipinski definition) is 16. The van der Waals surface area contributed by atoms with Crippen LogP contribution in [0.2, 0.25) is 0 Å². The number of alkyl halides is 7. The van der Waals surface area contributed by atoms with Crippen LogP contribution in [-0.4, -0.2) is 167 Å². The standard InChI is InChI=1S/C20H21F2NO5.C19H18F2INO5.C11H13F2NO6.3CH4/c1-3-20(22)13(2)19(12-21,27-17(26)14-7-5-4-6-8-14)18(28-20)23-10-9-15(24)11-16(23)25;1-12-18(10-20,27-16(26)13-5-3-2-4-6-13)17(28-19(12,21)11-22)23-8-7-14(24)9-15(23)25;12-4-10(19)8(18)11(13,5-15)20-9(10)14-2-1-6(16)3-7(14)17;;;/h4-10,13,18H,3,11-12H2,1-2H3;2-8,12,17H,9-11H2,1H3;1-2,8-9,15,18-19H,3-5H2;3*1H4/t13-,18+,19+,20+;12-,17+,18+,19+;8-,9+,10+,11+;;;/m000.../s1. The minimum Gasteiger partial charge on any atom is -0.447 e. The van der Waals surface area contributed by atoms with Gasteiger partial charge in [-0.1, -0.05) is 102 Å². The molecule has 2 aromatic rings. The average Bonchev–Trinajstić information content (AvgIpc) is 3.89. The number of benzene rings is 2. The maximum Gasteiger partial charge on any atom is 0.338 e. The minimum absolute atomic E-state index is 0. The zero-order chi connectivity index (χ0) is 56.2. The van der Waals surface area contributed by atoms with Gasteiger partial charge in [-0.2, -0.15) is 0 Å². The number of hydrogen-bond donors (Lipinski definition) is 3. The van der Waals surface area contributed by atoms with Crippen molar-refractivity contribution in [3.8, 4) is 0 Å². The Hall–Kier alpha value is -5.91. The van der Waals surface area contributed by atoms with Crippen LogP contribution in [0.3, 0.4) is 0 Å². The second kappa shape index (κ2) is 26.6. The van der Waals surface area contributed by atoms with Crippen molar-refractivity contribution in [1.29, 1.82) is 0 Å². The lowest BCUT2D eigenvalue weighted by molar-refractivity contribution is -0.213. The maximum absolute atomic E-state index is 15.4. The van der Waals surface area contributed by atoms with Gasteiger partial charge in [0.05, 0.1) is 46.7 Å². The fraction of sp³-hybridized carbons (Fsp3) is 0.509. The van der Waals surface area contributed by atoms with Crippen LogP contribution in [0.15, 0.2) is 97.5 Å². The summed E-state index contributed by atoms with van der Waals surface area (Å²) in [5.74, 6) is -15.5. The van der Waals surface area contributed by atoms with E-state index in [0.29, 0.717) is 4.90 Å². The molecule has 79 heavy (non-hydrogen) atoms. The van der Waals surface area contributed by atoms with Gasteiger partial charge in [-0.3, -0.25) is 43.5 Å². The number of aliphatic hydroxyl groups excluding tert-OH is 2. The van der Waals surface area contributed by atoms with E-state index in [1.807, 2.05) is 0 Å². The van der Waals surface area contributed by atoms with E-state index < -0.39 is 164 Å². The van der Waals surface area contributed by atoms with Crippen molar-refractivity contribution in [3.05, 3.63) is 109 Å². The van der Waals surface area contributed by atoms with Gasteiger partial charge in [0, 0.05) is 25.0 Å². The molecule has 3 saturated heterocycles. The summed E-state index contributed by atoms with van der Waals surface area (Å²) in [6.45, 7) is -1.23. The molecule has 0 radical (unpaired) electrons. The monoisotopic (exact) mass is 1240 g/mol. The van der Waals surface area contributed by atoms with Crippen molar-refractivity contribution in [3.63, 3.8) is 0 Å². The second-order valence-corrected chi connectivity index (χ2v) is 19.1. The molecule has 0 unspecified atom stereocenters. The smallest absolute Gasteiger partial charge is 0.338 e. The van der Waals surface area contributed by atoms with Crippen molar-refractivity contribution in [2.75, 3.05) is 31.1 Å². The Bertz CT molecular complexity index is 2530. The summed E-state index contributed by atoms with van der Waals surface area (Å²) in [4.78, 5) is 98.1. The summed E-state index contributed by atoms with van der Waals surface area (Å²) < 4.78 is 113. The molecule has 436 valence electrons. The van der Waals surface area contributed by atoms with Gasteiger partial charge in [-0.05, 0) is 42.5 Å². The van der Waals surface area contributed by atoms with Gasteiger partial charge < -0.3 is 39.0 Å². The number of aliphatic hydroxyl groups is 3. The summed E-state index contributed by atoms with van der Waals surface area (Å²) in [7, 11) is 0. The minimum atomic E-state index is -3.11. The van der Waals surface area contributed by atoms with E-state index >= 15 is 8.78 Å². The molecule has 6 heterocycles. The number of ketones is 3. The van der Waals surface area contributed by atoms with Crippen LogP contribution < -0.4 is 0 Å². The Balaban J connectivity index is 0.000000310. The predicted octanol–water partition coefficient (Wildman–Crippen LogP) is 6.18. The van der Waals surface area contributed by atoms with Gasteiger partial charge in [0.15, 0.2) is 58.9 Å². The van der Waals surface area contributed by atoms with Gasteiger partial charge in [0.1, 0.15) is 26.6 Å². The third kappa shape index (κ3) is 12.8. The van der Waals surface area contributed by atoms with Crippen molar-refractivity contribution in [2.24, 2.45) is 11.8 Å². The Kier molecular flexibility index (Phi) is 22.7. The van der Waals surface area contributed by atoms with Gasteiger partial charge in [-0.25, -0.2) is 35.9 Å². The molecule has 0 saturated carbocycles. The van der Waals surface area contributed by atoms with Gasteiger partial charge in [-0.15, -0.1) is 0 Å². The Morgan fingerprint density at radius 3 is 1.27 bits per heavy atom. The molecule has 3 N–H and O–H groups in total. The largest absolute Gasteiger partial charge is 0.447 e. The quantitative estimate of drug-likeness (QED) is 0.0666. The lowest BCUT2D eigenvalue weighted by Gasteiger charge is -2.38. The topological polar surface area (TPSA) is 253 Å². The maximum atomic E-state index is 15.4. The third-order valence-electron chi connectivity index (χ3n) is 13.8. The van der Waals surface area contributed by atoms with E-state index in [2.05, 4.69) is 4.74 Å². The van der Waals surface area contributed by atoms with Crippen LogP contribution in [0.4, 0.5) is 26.3 Å². The zero-order valence-corrected chi connectivity index (χ0v) is 42.9. The van der Waals surface area contributed by atoms with Crippen LogP contribution in [0.1, 0.15) is 89.5 Å². The first kappa shape index (κ1) is 67.4. The van der Waals surface area contributed by atoms with E-state index in [1.54, 1.807) is 59.0 Å². The number of rotatable bonds is 13. The average molecular weight is 1240 g/mol. The molecule has 3 fully saturated rings. The van der Waals surface area contributed by atoms with Crippen molar-refractivity contribution in [1.82, 2.24) is 14.7 Å². The molecule has 12 atom stereocenters. The molecule has 0 bridgehead atoms. The summed E-state index contributed by atoms with van der Waals surface area (Å²) in [6.07, 6.45) is -2.59. The summed E-state index contributed by atoms with van der Waals surface area (Å²) in [6, 6.07) is 15.8. The van der Waals surface area contributed by atoms with E-state index in [0.717, 1.165) is 46.6 Å². The van der Waals surface area contributed by atoms with Crippen LogP contribution >= 0.6 is 22.6 Å². The van der Waals surface area contributed by atoms with Gasteiger partial charge >= 0.3 is 11.9 Å². The highest BCUT2D eigenvalue weighted by Gasteiger charge is 2.70. The lowest BCUT2D eigenvalue weighted by atomic mass is 9.84. The SMILES string of the molecule is C.C.C.CC[C@@]1(F)O[C@@H](N2C=CC(=O)CC2=O)[C@](CF)(OC(=O)c2ccccc2)[C@@H]1C.C[C@H]1[C@@](CF)(OC(=O)c2ccccc2)[C@H](N2C=CC(=O)CC2=O)O[C@]1(F)CI.O=C1C=CN([C@@H]2O[C@](F)(CO)[C@@H](O)[C@]2(O)CF)C(=O)C1. The van der Waals surface area contributed by atoms with E-state index in [-0.39, 0.29) is 44.3 Å². The normalized spacial score (nSPS) is 33.7. The van der Waals surface area contributed by atoms with Gasteiger partial charge in [0.2, 0.25) is 29.4 Å². The number of carbonyl (C=O) groups is 8. The van der Waals surface area contributed by atoms with Crippen molar-refractivity contribution >= 4 is 69.6 Å². The zero-order valence-electron chi connectivity index (χ0n) is 40.7. The van der Waals surface area contributed by atoms with E-state index in [1.165, 1.54) is 45.0 Å². The van der Waals surface area contributed by atoms with E-state index in [9.17, 15) is 66.1 Å². The number of nitrogens with zero attached hydrogens (tertiary/aromatic N) is 3. The molecular formula is C53H64F6IN3O16. The number of carbonyl (C=O) groups excluding carboxylic acids is 8. The molecule has 8 rings (SSSR count). The molecule has 3 amide bonds. The molecule has 6 aliphatic heterocycles. The van der Waals surface area contributed by atoms with E-state index in [4.69, 9.17) is 24.1 Å². The Morgan fingerprint density at radius 1 is 0.608 bits per heavy atom. The Labute approximate surface area is 465 Å². The summed E-state index contributed by atoms with van der Waals surface area (Å²) in [5.41, 5.74) is -6.59. The Morgan fingerprint density at radius 2 is 0.949 bits per heavy atom. The summed E-state index contributed by atoms with van der Waals surface area (Å²) >= 11 is 1.75. The first-order valence-electron chi connectivity index (χ1n) is 23.3. The van der Waals surface area contributed by atoms with Crippen LogP contribution in [-0.2, 0) is 52.5 Å². The van der Waals surface area contributed by atoms with Crippen LogP contribution in [0.5, 0.6) is 0 Å². The molecule has 2 aromatic carbocycles. The first-order valence-corrected chi connectivity index (χ1v) is 24.8. The summed E-state index contributed by atoms with van der Waals surface area (Å²) in [5, 5.41) is 28.5. The highest BCUT2D eigenvalue weighted by Crippen LogP contribution is 2.52. The van der Waals surface area contributed by atoms with Crippen LogP contribution in [0, 0.1) is 11.8 Å². The third-order valence-corrected chi connectivity index (χ3v) is 14.8. The highest BCUT2D eigenvalue weighted by atomic mass is 127. The van der Waals surface area contributed by atoms with Crippen LogP contribution in [0.25, 0.3) is 0 Å². The van der Waals surface area contributed by atoms with Gasteiger partial charge in [0.25, 0.3) is 5.85 Å². The molecule has 6 aliphatic rings. The number of amides is 3. The molecule has 0 aliphatic carbocycles. The molecule has 0 aromatic heterocycles. The number of halogens is 7. The predicted molar refractivity (Wildman–Crippen MR) is 276 cm³/mol. The molecule has 0 spiro atoms. The lowest BCUT2D eigenvalue weighted by Crippen LogP contribution is -2.58. The number of ether oxygens (including phenoxy) is 5. The first-order chi connectivity index (χ1) is 35.8. The highest BCUT2D eigenvalue weighted by molar-refractivity contribution is 14.1.